The molecule has 4 rings (SSSR count). The number of hydrogen-bond acceptors (Lipinski definition) is 4. The molecule has 180 valence electrons. The second-order valence-electron chi connectivity index (χ2n) is 9.15. The van der Waals surface area contributed by atoms with E-state index in [0.717, 1.165) is 71.8 Å². The number of likely N-dealkylation sites (tertiary alicyclic amines) is 1. The van der Waals surface area contributed by atoms with E-state index in [4.69, 9.17) is 14.5 Å². The van der Waals surface area contributed by atoms with Crippen LogP contribution in [0.5, 0.6) is 0 Å². The fourth-order valence-electron chi connectivity index (χ4n) is 4.89. The molecule has 0 bridgehead atoms. The fourth-order valence-corrected chi connectivity index (χ4v) is 4.89. The number of fused-ring (bicyclic) bond motifs is 1. The number of piperidine rings is 1. The van der Waals surface area contributed by atoms with Gasteiger partial charge in [-0.05, 0) is 68.4 Å². The maximum Gasteiger partial charge on any atom is 0.254 e. The zero-order valence-electron chi connectivity index (χ0n) is 20.7. The molecule has 0 radical (unpaired) electrons. The Morgan fingerprint density at radius 1 is 1.24 bits per heavy atom. The Morgan fingerprint density at radius 3 is 2.68 bits per heavy atom. The Bertz CT molecular complexity index is 1110. The minimum Gasteiger partial charge on any atom is -0.497 e. The van der Waals surface area contributed by atoms with E-state index in [0.29, 0.717) is 24.9 Å². The van der Waals surface area contributed by atoms with Crippen molar-refractivity contribution in [2.45, 2.75) is 46.6 Å². The molecule has 34 heavy (non-hydrogen) atoms. The van der Waals surface area contributed by atoms with Gasteiger partial charge in [0.05, 0.1) is 31.7 Å². The van der Waals surface area contributed by atoms with Crippen LogP contribution >= 0.6 is 0 Å². The van der Waals surface area contributed by atoms with Gasteiger partial charge in [0.25, 0.3) is 5.91 Å². The number of benzene rings is 1. The summed E-state index contributed by atoms with van der Waals surface area (Å²) in [5, 5.41) is 0. The van der Waals surface area contributed by atoms with Crippen LogP contribution in [-0.2, 0) is 22.5 Å². The number of nitrogens with one attached hydrogen (secondary N) is 1. The predicted octanol–water partition coefficient (Wildman–Crippen LogP) is 5.28. The molecule has 0 atom stereocenters. The molecule has 1 aromatic carbocycles. The monoisotopic (exact) mass is 461 g/mol. The number of carbonyl (C=O) groups is 1. The highest BCUT2D eigenvalue weighted by molar-refractivity contribution is 5.97. The summed E-state index contributed by atoms with van der Waals surface area (Å²) in [4.78, 5) is 23.7. The van der Waals surface area contributed by atoms with Gasteiger partial charge in [0.1, 0.15) is 11.6 Å². The lowest BCUT2D eigenvalue weighted by atomic mass is 9.88. The van der Waals surface area contributed by atoms with Crippen LogP contribution in [0.2, 0.25) is 0 Å². The Hall–Kier alpha value is -3.12. The Balaban J connectivity index is 1.49. The van der Waals surface area contributed by atoms with Crippen molar-refractivity contribution < 1.29 is 14.3 Å². The third-order valence-corrected chi connectivity index (χ3v) is 6.96. The van der Waals surface area contributed by atoms with Gasteiger partial charge in [-0.2, -0.15) is 0 Å². The summed E-state index contributed by atoms with van der Waals surface area (Å²) in [5.41, 5.74) is 7.23. The smallest absolute Gasteiger partial charge is 0.254 e. The van der Waals surface area contributed by atoms with Gasteiger partial charge in [-0.1, -0.05) is 24.8 Å². The van der Waals surface area contributed by atoms with E-state index >= 15 is 0 Å². The Labute approximate surface area is 202 Å². The van der Waals surface area contributed by atoms with E-state index in [-0.39, 0.29) is 5.91 Å². The SMILES string of the molecule is C=C(/C=C\C(=C/C)C1CCN(C(=O)c2cc(-c3nc4c([nH]3)COCC4)c(C)cc2C)CC1)OC. The van der Waals surface area contributed by atoms with Crippen molar-refractivity contribution in [2.75, 3.05) is 26.8 Å². The molecule has 1 aromatic heterocycles. The van der Waals surface area contributed by atoms with E-state index in [1.807, 2.05) is 24.0 Å². The molecule has 1 amide bonds. The first kappa shape index (κ1) is 24.0. The minimum absolute atomic E-state index is 0.0992. The molecule has 2 aliphatic rings. The molecule has 0 unspecified atom stereocenters. The number of aryl methyl sites for hydroxylation is 2. The molecule has 1 fully saturated rings. The molecule has 6 nitrogen and oxygen atoms in total. The third-order valence-electron chi connectivity index (χ3n) is 6.96. The first-order valence-corrected chi connectivity index (χ1v) is 12.0. The second-order valence-corrected chi connectivity index (χ2v) is 9.15. The van der Waals surface area contributed by atoms with E-state index in [9.17, 15) is 4.79 Å². The molecule has 6 heteroatoms. The summed E-state index contributed by atoms with van der Waals surface area (Å²) in [6.07, 6.45) is 8.84. The van der Waals surface area contributed by atoms with Crippen molar-refractivity contribution in [1.82, 2.24) is 14.9 Å². The van der Waals surface area contributed by atoms with Crippen LogP contribution in [0.1, 0.15) is 52.6 Å². The normalized spacial score (nSPS) is 17.2. The lowest BCUT2D eigenvalue weighted by Gasteiger charge is -2.33. The lowest BCUT2D eigenvalue weighted by Crippen LogP contribution is -2.39. The molecule has 0 aliphatic carbocycles. The molecule has 1 N–H and O–H groups in total. The fraction of sp³-hybridized carbons (Fsp3) is 0.429. The maximum atomic E-state index is 13.5. The van der Waals surface area contributed by atoms with E-state index < -0.39 is 0 Å². The van der Waals surface area contributed by atoms with Crippen molar-refractivity contribution in [2.24, 2.45) is 5.92 Å². The molecule has 0 saturated carbocycles. The molecule has 2 aromatic rings. The van der Waals surface area contributed by atoms with Crippen molar-refractivity contribution in [3.63, 3.8) is 0 Å². The second kappa shape index (κ2) is 10.4. The van der Waals surface area contributed by atoms with Crippen molar-refractivity contribution in [3.8, 4) is 11.4 Å². The zero-order valence-corrected chi connectivity index (χ0v) is 20.7. The van der Waals surface area contributed by atoms with Gasteiger partial charge in [-0.3, -0.25) is 4.79 Å². The number of allylic oxidation sites excluding steroid dienone is 4. The largest absolute Gasteiger partial charge is 0.497 e. The van der Waals surface area contributed by atoms with Crippen LogP contribution in [0.3, 0.4) is 0 Å². The number of aromatic nitrogens is 2. The quantitative estimate of drug-likeness (QED) is 0.469. The van der Waals surface area contributed by atoms with Crippen molar-refractivity contribution in [3.05, 3.63) is 76.4 Å². The average Bonchev–Trinajstić information content (AvgIpc) is 3.28. The minimum atomic E-state index is 0.0992. The molecule has 3 heterocycles. The van der Waals surface area contributed by atoms with E-state index in [2.05, 4.69) is 43.6 Å². The van der Waals surface area contributed by atoms with Crippen molar-refractivity contribution in [1.29, 1.82) is 0 Å². The number of rotatable bonds is 6. The zero-order chi connectivity index (χ0) is 24.2. The molecular formula is C28H35N3O3. The lowest BCUT2D eigenvalue weighted by molar-refractivity contribution is 0.0702. The van der Waals surface area contributed by atoms with Crippen LogP contribution in [0, 0.1) is 19.8 Å². The number of carbonyl (C=O) groups excluding carboxylic acids is 1. The molecule has 0 spiro atoms. The number of hydrogen-bond donors (Lipinski definition) is 1. The number of H-pyrrole nitrogens is 1. The van der Waals surface area contributed by atoms with Crippen LogP contribution < -0.4 is 0 Å². The molecular weight excluding hydrogens is 426 g/mol. The third kappa shape index (κ3) is 5.02. The topological polar surface area (TPSA) is 67.5 Å². The standard InChI is InChI=1S/C28H35N3O3/c1-6-21(8-7-20(4)33-5)22-9-12-31(13-10-22)28(32)24-16-23(18(2)15-19(24)3)27-29-25-11-14-34-17-26(25)30-27/h6-8,15-16,22H,4,9-14,17H2,1-3,5H3,(H,29,30)/b8-7-,21-6+. The Morgan fingerprint density at radius 2 is 2.00 bits per heavy atom. The summed E-state index contributed by atoms with van der Waals surface area (Å²) in [6, 6.07) is 4.11. The van der Waals surface area contributed by atoms with Gasteiger partial charge in [-0.15, -0.1) is 0 Å². The highest BCUT2D eigenvalue weighted by Gasteiger charge is 2.27. The predicted molar refractivity (Wildman–Crippen MR) is 135 cm³/mol. The maximum absolute atomic E-state index is 13.5. The summed E-state index contributed by atoms with van der Waals surface area (Å²) in [7, 11) is 1.62. The van der Waals surface area contributed by atoms with Gasteiger partial charge >= 0.3 is 0 Å². The average molecular weight is 462 g/mol. The number of aromatic amines is 1. The summed E-state index contributed by atoms with van der Waals surface area (Å²) >= 11 is 0. The highest BCUT2D eigenvalue weighted by Crippen LogP contribution is 2.30. The van der Waals surface area contributed by atoms with Gasteiger partial charge in [-0.25, -0.2) is 4.98 Å². The highest BCUT2D eigenvalue weighted by atomic mass is 16.5. The number of imidazole rings is 1. The van der Waals surface area contributed by atoms with Gasteiger partial charge < -0.3 is 19.4 Å². The number of ether oxygens (including phenoxy) is 2. The van der Waals surface area contributed by atoms with Crippen LogP contribution in [0.4, 0.5) is 0 Å². The summed E-state index contributed by atoms with van der Waals surface area (Å²) in [5.74, 6) is 1.99. The number of methoxy groups -OCH3 is 1. The Kier molecular flexibility index (Phi) is 7.37. The summed E-state index contributed by atoms with van der Waals surface area (Å²) < 4.78 is 10.7. The molecule has 2 aliphatic heterocycles. The van der Waals surface area contributed by atoms with Crippen LogP contribution in [0.15, 0.2) is 48.3 Å². The van der Waals surface area contributed by atoms with Crippen LogP contribution in [0.25, 0.3) is 11.4 Å². The van der Waals surface area contributed by atoms with E-state index in [1.165, 1.54) is 5.57 Å². The van der Waals surface area contributed by atoms with Crippen LogP contribution in [-0.4, -0.2) is 47.6 Å². The van der Waals surface area contributed by atoms with Gasteiger partial charge in [0.15, 0.2) is 0 Å². The number of amides is 1. The van der Waals surface area contributed by atoms with Gasteiger partial charge in [0.2, 0.25) is 0 Å². The van der Waals surface area contributed by atoms with Gasteiger partial charge in [0, 0.05) is 30.6 Å². The summed E-state index contributed by atoms with van der Waals surface area (Å²) in [6.45, 7) is 12.8. The number of nitrogens with zero attached hydrogens (tertiary/aromatic N) is 2. The molecule has 1 saturated heterocycles. The van der Waals surface area contributed by atoms with Crippen molar-refractivity contribution >= 4 is 5.91 Å². The first-order chi connectivity index (χ1) is 16.4. The first-order valence-electron chi connectivity index (χ1n) is 12.0. The van der Waals surface area contributed by atoms with E-state index in [1.54, 1.807) is 7.11 Å².